The third-order valence-electron chi connectivity index (χ3n) is 5.00. The molecule has 1 N–H and O–H groups in total. The molecule has 3 aromatic rings. The minimum Gasteiger partial charge on any atom is -0.378 e. The van der Waals surface area contributed by atoms with Gasteiger partial charge in [-0.2, -0.15) is 0 Å². The van der Waals surface area contributed by atoms with Crippen LogP contribution in [0.3, 0.4) is 0 Å². The number of anilines is 2. The highest BCUT2D eigenvalue weighted by Gasteiger charge is 2.19. The van der Waals surface area contributed by atoms with Crippen LogP contribution in [0.25, 0.3) is 0 Å². The van der Waals surface area contributed by atoms with Gasteiger partial charge in [-0.1, -0.05) is 17.8 Å². The standard InChI is InChI=1S/C21H25N5O2S2/c1-15(30-21-24-23-19(25(21)2)14-18-4-3-13-29-18)20(27)22-16-5-7-17(8-6-16)26-9-11-28-12-10-26/h3-8,13,15H,9-12,14H2,1-2H3,(H,22,27)/t15-/m1/s1. The van der Waals surface area contributed by atoms with E-state index in [2.05, 4.69) is 31.9 Å². The Labute approximate surface area is 184 Å². The molecule has 1 saturated heterocycles. The van der Waals surface area contributed by atoms with Crippen molar-refractivity contribution in [2.24, 2.45) is 7.05 Å². The monoisotopic (exact) mass is 443 g/mol. The number of carbonyl (C=O) groups is 1. The Morgan fingerprint density at radius 2 is 2.00 bits per heavy atom. The molecular weight excluding hydrogens is 418 g/mol. The van der Waals surface area contributed by atoms with E-state index >= 15 is 0 Å². The summed E-state index contributed by atoms with van der Waals surface area (Å²) in [6.45, 7) is 5.18. The lowest BCUT2D eigenvalue weighted by molar-refractivity contribution is -0.115. The maximum absolute atomic E-state index is 12.7. The number of aromatic nitrogens is 3. The second-order valence-corrected chi connectivity index (χ2v) is 9.45. The lowest BCUT2D eigenvalue weighted by Gasteiger charge is -2.28. The van der Waals surface area contributed by atoms with Gasteiger partial charge in [0.05, 0.1) is 18.5 Å². The number of benzene rings is 1. The van der Waals surface area contributed by atoms with Gasteiger partial charge in [0.25, 0.3) is 0 Å². The quantitative estimate of drug-likeness (QED) is 0.564. The Morgan fingerprint density at radius 1 is 1.23 bits per heavy atom. The highest BCUT2D eigenvalue weighted by Crippen LogP contribution is 2.25. The predicted octanol–water partition coefficient (Wildman–Crippen LogP) is 3.42. The number of rotatable bonds is 7. The van der Waals surface area contributed by atoms with E-state index in [-0.39, 0.29) is 11.2 Å². The number of amides is 1. The van der Waals surface area contributed by atoms with Gasteiger partial charge in [0, 0.05) is 42.8 Å². The number of carbonyl (C=O) groups excluding carboxylic acids is 1. The van der Waals surface area contributed by atoms with Gasteiger partial charge in [-0.3, -0.25) is 4.79 Å². The molecule has 4 rings (SSSR count). The highest BCUT2D eigenvalue weighted by atomic mass is 32.2. The van der Waals surface area contributed by atoms with Crippen molar-refractivity contribution < 1.29 is 9.53 Å². The first kappa shape index (κ1) is 20.9. The first-order chi connectivity index (χ1) is 14.6. The fourth-order valence-electron chi connectivity index (χ4n) is 3.20. The molecule has 9 heteroatoms. The average Bonchev–Trinajstić information content (AvgIpc) is 3.40. The van der Waals surface area contributed by atoms with E-state index in [1.165, 1.54) is 16.6 Å². The predicted molar refractivity (Wildman–Crippen MR) is 122 cm³/mol. The van der Waals surface area contributed by atoms with E-state index in [0.717, 1.165) is 55.1 Å². The number of thiophene rings is 1. The van der Waals surface area contributed by atoms with Crippen molar-refractivity contribution in [1.82, 2.24) is 14.8 Å². The van der Waals surface area contributed by atoms with Crippen LogP contribution in [-0.4, -0.2) is 52.2 Å². The third-order valence-corrected chi connectivity index (χ3v) is 7.01. The second kappa shape index (κ2) is 9.63. The van der Waals surface area contributed by atoms with Crippen molar-refractivity contribution >= 4 is 40.4 Å². The summed E-state index contributed by atoms with van der Waals surface area (Å²) < 4.78 is 7.36. The SMILES string of the molecule is C[C@@H](Sc1nnc(Cc2cccs2)n1C)C(=O)Nc1ccc(N2CCOCC2)cc1. The first-order valence-corrected chi connectivity index (χ1v) is 11.7. The molecule has 3 heterocycles. The average molecular weight is 444 g/mol. The van der Waals surface area contributed by atoms with Crippen molar-refractivity contribution in [2.75, 3.05) is 36.5 Å². The van der Waals surface area contributed by atoms with Crippen LogP contribution in [0.1, 0.15) is 17.6 Å². The van der Waals surface area contributed by atoms with E-state index in [1.807, 2.05) is 48.9 Å². The van der Waals surface area contributed by atoms with Crippen molar-refractivity contribution in [3.05, 3.63) is 52.5 Å². The molecule has 0 unspecified atom stereocenters. The number of ether oxygens (including phenoxy) is 1. The number of nitrogens with one attached hydrogen (secondary N) is 1. The molecular formula is C21H25N5O2S2. The van der Waals surface area contributed by atoms with Crippen LogP contribution in [-0.2, 0) is 23.0 Å². The number of thioether (sulfide) groups is 1. The summed E-state index contributed by atoms with van der Waals surface area (Å²) in [5.74, 6) is 0.841. The maximum Gasteiger partial charge on any atom is 0.237 e. The molecule has 1 aliphatic heterocycles. The Kier molecular flexibility index (Phi) is 6.71. The second-order valence-electron chi connectivity index (χ2n) is 7.11. The van der Waals surface area contributed by atoms with Crippen LogP contribution >= 0.6 is 23.1 Å². The summed E-state index contributed by atoms with van der Waals surface area (Å²) in [4.78, 5) is 16.2. The van der Waals surface area contributed by atoms with Crippen LogP contribution in [0, 0.1) is 0 Å². The van der Waals surface area contributed by atoms with Gasteiger partial charge in [-0.25, -0.2) is 0 Å². The molecule has 1 aliphatic rings. The van der Waals surface area contributed by atoms with Crippen LogP contribution in [0.2, 0.25) is 0 Å². The molecule has 2 aromatic heterocycles. The number of hydrogen-bond donors (Lipinski definition) is 1. The highest BCUT2D eigenvalue weighted by molar-refractivity contribution is 8.00. The summed E-state index contributed by atoms with van der Waals surface area (Å²) in [7, 11) is 1.94. The van der Waals surface area contributed by atoms with Gasteiger partial charge in [0.2, 0.25) is 5.91 Å². The fourth-order valence-corrected chi connectivity index (χ4v) is 4.74. The molecule has 1 fully saturated rings. The van der Waals surface area contributed by atoms with Gasteiger partial charge in [-0.15, -0.1) is 21.5 Å². The Bertz CT molecular complexity index is 966. The molecule has 7 nitrogen and oxygen atoms in total. The van der Waals surface area contributed by atoms with Crippen molar-refractivity contribution in [3.63, 3.8) is 0 Å². The third kappa shape index (κ3) is 5.03. The molecule has 158 valence electrons. The smallest absolute Gasteiger partial charge is 0.237 e. The van der Waals surface area contributed by atoms with E-state index in [9.17, 15) is 4.79 Å². The van der Waals surface area contributed by atoms with E-state index in [1.54, 1.807) is 11.3 Å². The number of morpholine rings is 1. The topological polar surface area (TPSA) is 72.3 Å². The van der Waals surface area contributed by atoms with Gasteiger partial charge in [0.15, 0.2) is 5.16 Å². The van der Waals surface area contributed by atoms with Gasteiger partial charge in [0.1, 0.15) is 5.82 Å². The van der Waals surface area contributed by atoms with Gasteiger partial charge in [-0.05, 0) is 42.6 Å². The van der Waals surface area contributed by atoms with Crippen molar-refractivity contribution in [2.45, 2.75) is 23.8 Å². The van der Waals surface area contributed by atoms with Crippen molar-refractivity contribution in [1.29, 1.82) is 0 Å². The maximum atomic E-state index is 12.7. The minimum absolute atomic E-state index is 0.0538. The largest absolute Gasteiger partial charge is 0.378 e. The number of nitrogens with zero attached hydrogens (tertiary/aromatic N) is 4. The molecule has 30 heavy (non-hydrogen) atoms. The summed E-state index contributed by atoms with van der Waals surface area (Å²) in [6, 6.07) is 12.1. The normalized spacial score (nSPS) is 15.2. The zero-order valence-corrected chi connectivity index (χ0v) is 18.7. The molecule has 1 aromatic carbocycles. The van der Waals surface area contributed by atoms with E-state index in [4.69, 9.17) is 4.74 Å². The first-order valence-electron chi connectivity index (χ1n) is 9.91. The number of hydrogen-bond acceptors (Lipinski definition) is 7. The fraction of sp³-hybridized carbons (Fsp3) is 0.381. The van der Waals surface area contributed by atoms with Gasteiger partial charge >= 0.3 is 0 Å². The summed E-state index contributed by atoms with van der Waals surface area (Å²) in [5, 5.41) is 14.1. The molecule has 0 aliphatic carbocycles. The molecule has 1 amide bonds. The molecule has 0 saturated carbocycles. The van der Waals surface area contributed by atoms with E-state index in [0.29, 0.717) is 0 Å². The molecule has 0 radical (unpaired) electrons. The summed E-state index contributed by atoms with van der Waals surface area (Å²) in [5.41, 5.74) is 1.94. The minimum atomic E-state index is -0.290. The van der Waals surface area contributed by atoms with Crippen LogP contribution < -0.4 is 10.2 Å². The lowest BCUT2D eigenvalue weighted by atomic mass is 10.2. The van der Waals surface area contributed by atoms with Crippen LogP contribution in [0.5, 0.6) is 0 Å². The summed E-state index contributed by atoms with van der Waals surface area (Å²) in [6.07, 6.45) is 0.748. The Balaban J connectivity index is 1.33. The Hall–Kier alpha value is -2.36. The van der Waals surface area contributed by atoms with E-state index < -0.39 is 0 Å². The van der Waals surface area contributed by atoms with Gasteiger partial charge < -0.3 is 19.5 Å². The zero-order chi connectivity index (χ0) is 20.9. The van der Waals surface area contributed by atoms with Crippen LogP contribution in [0.15, 0.2) is 46.9 Å². The molecule has 0 bridgehead atoms. The lowest BCUT2D eigenvalue weighted by Crippen LogP contribution is -2.36. The summed E-state index contributed by atoms with van der Waals surface area (Å²) >= 11 is 3.12. The van der Waals surface area contributed by atoms with Crippen molar-refractivity contribution in [3.8, 4) is 0 Å². The molecule has 0 spiro atoms. The molecule has 1 atom stereocenters. The zero-order valence-electron chi connectivity index (χ0n) is 17.1. The Morgan fingerprint density at radius 3 is 2.70 bits per heavy atom. The van der Waals surface area contributed by atoms with Crippen LogP contribution in [0.4, 0.5) is 11.4 Å².